The van der Waals surface area contributed by atoms with Crippen LogP contribution in [0.25, 0.3) is 0 Å². The Hall–Kier alpha value is -1.32. The van der Waals surface area contributed by atoms with Gasteiger partial charge in [0, 0.05) is 44.8 Å². The van der Waals surface area contributed by atoms with Crippen LogP contribution in [0.3, 0.4) is 0 Å². The van der Waals surface area contributed by atoms with Gasteiger partial charge in [0.1, 0.15) is 5.75 Å². The molecule has 0 radical (unpaired) electrons. The number of benzene rings is 1. The molecule has 1 aromatic rings. The third-order valence-corrected chi connectivity index (χ3v) is 5.96. The van der Waals surface area contributed by atoms with Crippen molar-refractivity contribution in [2.75, 3.05) is 39.8 Å². The number of nitrogens with zero attached hydrogens (tertiary/aromatic N) is 2. The predicted octanol–water partition coefficient (Wildman–Crippen LogP) is 3.03. The molecule has 1 heterocycles. The molecule has 3 aliphatic rings. The first kappa shape index (κ1) is 15.2. The molecule has 1 aromatic carbocycles. The lowest BCUT2D eigenvalue weighted by Gasteiger charge is -2.37. The van der Waals surface area contributed by atoms with Crippen molar-refractivity contribution in [2.45, 2.75) is 19.4 Å². The van der Waals surface area contributed by atoms with E-state index in [0.717, 1.165) is 30.0 Å². The minimum atomic E-state index is 0.881. The molecule has 124 valence electrons. The Morgan fingerprint density at radius 3 is 2.48 bits per heavy atom. The van der Waals surface area contributed by atoms with Crippen molar-refractivity contribution in [3.05, 3.63) is 42.0 Å². The highest BCUT2D eigenvalue weighted by Crippen LogP contribution is 2.43. The Balaban J connectivity index is 1.27. The van der Waals surface area contributed by atoms with Crippen molar-refractivity contribution in [3.63, 3.8) is 0 Å². The van der Waals surface area contributed by atoms with Crippen LogP contribution in [0, 0.1) is 17.8 Å². The van der Waals surface area contributed by atoms with Crippen LogP contribution in [0.5, 0.6) is 5.75 Å². The number of methoxy groups -OCH3 is 1. The van der Waals surface area contributed by atoms with Gasteiger partial charge in [-0.15, -0.1) is 0 Å². The Bertz CT molecular complexity index is 563. The van der Waals surface area contributed by atoms with Gasteiger partial charge in [-0.1, -0.05) is 30.4 Å². The van der Waals surface area contributed by atoms with E-state index in [2.05, 4.69) is 40.2 Å². The molecule has 3 nitrogen and oxygen atoms in total. The quantitative estimate of drug-likeness (QED) is 0.777. The molecule has 1 saturated heterocycles. The van der Waals surface area contributed by atoms with Crippen LogP contribution < -0.4 is 4.74 Å². The maximum atomic E-state index is 5.48. The summed E-state index contributed by atoms with van der Waals surface area (Å²) >= 11 is 0. The molecule has 2 fully saturated rings. The molecular formula is C20H28N2O. The topological polar surface area (TPSA) is 15.7 Å². The lowest BCUT2D eigenvalue weighted by Crippen LogP contribution is -2.47. The lowest BCUT2D eigenvalue weighted by molar-refractivity contribution is 0.108. The average molecular weight is 312 g/mol. The normalized spacial score (nSPS) is 30.9. The highest BCUT2D eigenvalue weighted by atomic mass is 16.5. The van der Waals surface area contributed by atoms with Crippen LogP contribution in [0.15, 0.2) is 36.4 Å². The Morgan fingerprint density at radius 2 is 1.78 bits per heavy atom. The number of piperazine rings is 1. The van der Waals surface area contributed by atoms with Crippen molar-refractivity contribution in [1.82, 2.24) is 9.80 Å². The first-order valence-electron chi connectivity index (χ1n) is 9.07. The molecule has 3 unspecified atom stereocenters. The molecule has 0 spiro atoms. The molecule has 4 rings (SSSR count). The first-order valence-corrected chi connectivity index (χ1v) is 9.07. The number of hydrogen-bond acceptors (Lipinski definition) is 3. The zero-order valence-corrected chi connectivity index (χ0v) is 14.2. The Kier molecular flexibility index (Phi) is 4.41. The summed E-state index contributed by atoms with van der Waals surface area (Å²) in [7, 11) is 1.76. The second-order valence-electron chi connectivity index (χ2n) is 7.43. The van der Waals surface area contributed by atoms with E-state index in [4.69, 9.17) is 4.74 Å². The highest BCUT2D eigenvalue weighted by Gasteiger charge is 2.36. The van der Waals surface area contributed by atoms with Crippen molar-refractivity contribution >= 4 is 0 Å². The molecule has 1 aliphatic heterocycles. The van der Waals surface area contributed by atoms with Crippen molar-refractivity contribution in [2.24, 2.45) is 17.8 Å². The number of allylic oxidation sites excluding steroid dienone is 2. The smallest absolute Gasteiger partial charge is 0.123 e. The van der Waals surface area contributed by atoms with Gasteiger partial charge in [-0.2, -0.15) is 0 Å². The molecule has 0 N–H and O–H groups in total. The number of para-hydroxylation sites is 1. The van der Waals surface area contributed by atoms with Gasteiger partial charge in [0.15, 0.2) is 0 Å². The van der Waals surface area contributed by atoms with Crippen LogP contribution in [-0.2, 0) is 6.54 Å². The molecule has 23 heavy (non-hydrogen) atoms. The zero-order chi connectivity index (χ0) is 15.6. The van der Waals surface area contributed by atoms with Gasteiger partial charge in [0.2, 0.25) is 0 Å². The summed E-state index contributed by atoms with van der Waals surface area (Å²) < 4.78 is 5.48. The zero-order valence-electron chi connectivity index (χ0n) is 14.2. The van der Waals surface area contributed by atoms with E-state index in [1.807, 2.05) is 6.07 Å². The summed E-state index contributed by atoms with van der Waals surface area (Å²) in [5.74, 6) is 3.72. The fourth-order valence-electron chi connectivity index (χ4n) is 4.64. The fourth-order valence-corrected chi connectivity index (χ4v) is 4.64. The van der Waals surface area contributed by atoms with Gasteiger partial charge >= 0.3 is 0 Å². The third kappa shape index (κ3) is 3.31. The van der Waals surface area contributed by atoms with Crippen LogP contribution >= 0.6 is 0 Å². The number of ether oxygens (including phenoxy) is 1. The second-order valence-corrected chi connectivity index (χ2v) is 7.43. The van der Waals surface area contributed by atoms with Crippen molar-refractivity contribution in [1.29, 1.82) is 0 Å². The monoisotopic (exact) mass is 312 g/mol. The summed E-state index contributed by atoms with van der Waals surface area (Å²) in [5, 5.41) is 0. The molecule has 3 heteroatoms. The lowest BCUT2D eigenvalue weighted by atomic mass is 9.93. The van der Waals surface area contributed by atoms with E-state index >= 15 is 0 Å². The summed E-state index contributed by atoms with van der Waals surface area (Å²) in [4.78, 5) is 5.26. The Morgan fingerprint density at radius 1 is 1.00 bits per heavy atom. The van der Waals surface area contributed by atoms with Gasteiger partial charge in [-0.3, -0.25) is 4.90 Å². The van der Waals surface area contributed by atoms with Crippen LogP contribution in [-0.4, -0.2) is 49.6 Å². The van der Waals surface area contributed by atoms with E-state index in [1.165, 1.54) is 51.1 Å². The minimum Gasteiger partial charge on any atom is -0.496 e. The predicted molar refractivity (Wildman–Crippen MR) is 93.6 cm³/mol. The Labute approximate surface area is 139 Å². The summed E-state index contributed by atoms with van der Waals surface area (Å²) in [6, 6.07) is 8.40. The summed E-state index contributed by atoms with van der Waals surface area (Å²) in [6.45, 7) is 7.10. The SMILES string of the molecule is COc1ccccc1CN1CCN(CC2CC3C=CC2C3)CC1. The second kappa shape index (κ2) is 6.66. The van der Waals surface area contributed by atoms with Gasteiger partial charge in [-0.25, -0.2) is 0 Å². The van der Waals surface area contributed by atoms with Gasteiger partial charge < -0.3 is 9.64 Å². The number of hydrogen-bond donors (Lipinski definition) is 0. The molecule has 2 bridgehead atoms. The summed E-state index contributed by atoms with van der Waals surface area (Å²) in [6.07, 6.45) is 7.80. The minimum absolute atomic E-state index is 0.881. The molecule has 0 aromatic heterocycles. The third-order valence-electron chi connectivity index (χ3n) is 5.96. The maximum absolute atomic E-state index is 5.48. The van der Waals surface area contributed by atoms with Crippen LogP contribution in [0.1, 0.15) is 18.4 Å². The molecule has 2 aliphatic carbocycles. The van der Waals surface area contributed by atoms with Gasteiger partial charge in [0.25, 0.3) is 0 Å². The van der Waals surface area contributed by atoms with Gasteiger partial charge in [0.05, 0.1) is 7.11 Å². The first-order chi connectivity index (χ1) is 11.3. The number of rotatable bonds is 5. The largest absolute Gasteiger partial charge is 0.496 e. The van der Waals surface area contributed by atoms with Gasteiger partial charge in [-0.05, 0) is 36.7 Å². The molecule has 1 saturated carbocycles. The standard InChI is InChI=1S/C20H28N2O/c1-23-20-5-3-2-4-18(20)14-21-8-10-22(11-9-21)15-19-13-16-6-7-17(19)12-16/h2-7,16-17,19H,8-15H2,1H3. The van der Waals surface area contributed by atoms with Crippen LogP contribution in [0.2, 0.25) is 0 Å². The van der Waals surface area contributed by atoms with E-state index in [9.17, 15) is 0 Å². The van der Waals surface area contributed by atoms with E-state index in [-0.39, 0.29) is 0 Å². The van der Waals surface area contributed by atoms with E-state index in [0.29, 0.717) is 0 Å². The maximum Gasteiger partial charge on any atom is 0.123 e. The van der Waals surface area contributed by atoms with E-state index < -0.39 is 0 Å². The van der Waals surface area contributed by atoms with E-state index in [1.54, 1.807) is 7.11 Å². The van der Waals surface area contributed by atoms with Crippen molar-refractivity contribution < 1.29 is 4.74 Å². The highest BCUT2D eigenvalue weighted by molar-refractivity contribution is 5.33. The fraction of sp³-hybridized carbons (Fsp3) is 0.600. The number of fused-ring (bicyclic) bond motifs is 2. The molecular weight excluding hydrogens is 284 g/mol. The van der Waals surface area contributed by atoms with Crippen LogP contribution in [0.4, 0.5) is 0 Å². The van der Waals surface area contributed by atoms with Crippen molar-refractivity contribution in [3.8, 4) is 5.75 Å². The molecule has 0 amide bonds. The average Bonchev–Trinajstić information content (AvgIpc) is 3.20. The molecule has 3 atom stereocenters. The summed E-state index contributed by atoms with van der Waals surface area (Å²) in [5.41, 5.74) is 1.31.